The third kappa shape index (κ3) is 3.47. The Kier molecular flexibility index (Phi) is 4.81. The van der Waals surface area contributed by atoms with Gasteiger partial charge >= 0.3 is 13.1 Å². The van der Waals surface area contributed by atoms with Crippen molar-refractivity contribution < 1.29 is 18.8 Å². The Hall–Kier alpha value is -2.32. The van der Waals surface area contributed by atoms with Crippen molar-refractivity contribution in [2.24, 2.45) is 0 Å². The summed E-state index contributed by atoms with van der Waals surface area (Å²) in [6.07, 6.45) is 3.21. The molecule has 0 radical (unpaired) electrons. The maximum absolute atomic E-state index is 12.4. The first-order valence-corrected chi connectivity index (χ1v) is 8.54. The number of para-hydroxylation sites is 1. The number of methoxy groups -OCH3 is 1. The van der Waals surface area contributed by atoms with Crippen LogP contribution in [0, 0.1) is 0 Å². The van der Waals surface area contributed by atoms with Crippen LogP contribution < -0.4 is 15.5 Å². The Balaban J connectivity index is 1.66. The van der Waals surface area contributed by atoms with Crippen molar-refractivity contribution >= 4 is 18.6 Å². The summed E-state index contributed by atoms with van der Waals surface area (Å²) >= 11 is 0. The number of nitrogens with zero attached hydrogens (tertiary/aromatic N) is 2. The zero-order valence-corrected chi connectivity index (χ0v) is 15.8. The van der Waals surface area contributed by atoms with Crippen LogP contribution in [0.5, 0.6) is 5.75 Å². The molecule has 3 rings (SSSR count). The largest absolute Gasteiger partial charge is 0.498 e. The van der Waals surface area contributed by atoms with Gasteiger partial charge in [-0.25, -0.2) is 4.79 Å². The second-order valence-corrected chi connectivity index (χ2v) is 7.28. The fourth-order valence-corrected chi connectivity index (χ4v) is 2.65. The quantitative estimate of drug-likeness (QED) is 0.847. The van der Waals surface area contributed by atoms with Crippen molar-refractivity contribution in [1.29, 1.82) is 0 Å². The molecule has 0 spiro atoms. The zero-order valence-electron chi connectivity index (χ0n) is 15.8. The molecule has 0 saturated carbocycles. The topological polar surface area (TPSA) is 74.6 Å². The van der Waals surface area contributed by atoms with Crippen molar-refractivity contribution in [2.45, 2.75) is 45.4 Å². The van der Waals surface area contributed by atoms with E-state index in [-0.39, 0.29) is 6.03 Å². The number of hydrogen-bond donors (Lipinski definition) is 1. The summed E-state index contributed by atoms with van der Waals surface area (Å²) in [6.45, 7) is 8.28. The van der Waals surface area contributed by atoms with Crippen LogP contribution in [0.1, 0.15) is 33.3 Å². The molecule has 0 bridgehead atoms. The number of aromatic nitrogens is 2. The van der Waals surface area contributed by atoms with Gasteiger partial charge in [0.05, 0.1) is 18.3 Å². The van der Waals surface area contributed by atoms with E-state index >= 15 is 0 Å². The lowest BCUT2D eigenvalue weighted by Crippen LogP contribution is -2.41. The second kappa shape index (κ2) is 6.77. The van der Waals surface area contributed by atoms with Gasteiger partial charge in [0.2, 0.25) is 0 Å². The maximum Gasteiger partial charge on any atom is 0.498 e. The lowest BCUT2D eigenvalue weighted by atomic mass is 9.82. The van der Waals surface area contributed by atoms with Gasteiger partial charge in [-0.3, -0.25) is 0 Å². The van der Waals surface area contributed by atoms with Gasteiger partial charge in [-0.1, -0.05) is 18.2 Å². The molecular formula is C18H24BN3O4. The lowest BCUT2D eigenvalue weighted by Gasteiger charge is -2.32. The van der Waals surface area contributed by atoms with E-state index in [4.69, 9.17) is 14.0 Å². The standard InChI is InChI=1S/C18H24BN3O4/c1-17(2)18(3,4)26-19(25-17)14-11-21-22(12-14)16(23)20-10-13-8-6-7-9-15(13)24-5/h6-9,11-12H,10H2,1-5H3,(H,20,23). The fraction of sp³-hybridized carbons (Fsp3) is 0.444. The average molecular weight is 357 g/mol. The van der Waals surface area contributed by atoms with Crippen LogP contribution in [-0.2, 0) is 15.9 Å². The zero-order chi connectivity index (χ0) is 18.9. The molecule has 26 heavy (non-hydrogen) atoms. The molecule has 1 fully saturated rings. The lowest BCUT2D eigenvalue weighted by molar-refractivity contribution is 0.00578. The van der Waals surface area contributed by atoms with Crippen molar-refractivity contribution in [3.8, 4) is 5.75 Å². The Morgan fingerprint density at radius 2 is 1.88 bits per heavy atom. The first kappa shape index (κ1) is 18.5. The van der Waals surface area contributed by atoms with Crippen molar-refractivity contribution in [3.05, 3.63) is 42.2 Å². The van der Waals surface area contributed by atoms with Gasteiger partial charge in [0.25, 0.3) is 0 Å². The molecule has 1 aromatic heterocycles. The van der Waals surface area contributed by atoms with Crippen LogP contribution in [-0.4, -0.2) is 41.2 Å². The number of hydrogen-bond acceptors (Lipinski definition) is 5. The van der Waals surface area contributed by atoms with Crippen molar-refractivity contribution in [1.82, 2.24) is 15.1 Å². The minimum absolute atomic E-state index is 0.335. The van der Waals surface area contributed by atoms with Gasteiger partial charge in [-0.2, -0.15) is 9.78 Å². The number of carbonyl (C=O) groups excluding carboxylic acids is 1. The minimum atomic E-state index is -0.546. The Bertz CT molecular complexity index is 787. The van der Waals surface area contributed by atoms with Gasteiger partial charge in [-0.05, 0) is 33.8 Å². The highest BCUT2D eigenvalue weighted by Crippen LogP contribution is 2.36. The summed E-state index contributed by atoms with van der Waals surface area (Å²) in [7, 11) is 1.06. The van der Waals surface area contributed by atoms with Crippen molar-refractivity contribution in [2.75, 3.05) is 7.11 Å². The molecule has 8 heteroatoms. The number of rotatable bonds is 4. The van der Waals surface area contributed by atoms with Gasteiger partial charge < -0.3 is 19.4 Å². The summed E-state index contributed by atoms with van der Waals surface area (Å²) in [5.74, 6) is 0.728. The third-order valence-electron chi connectivity index (χ3n) is 4.96. The van der Waals surface area contributed by atoms with Crippen LogP contribution in [0.3, 0.4) is 0 Å². The number of benzene rings is 1. The summed E-state index contributed by atoms with van der Waals surface area (Å²) in [6, 6.07) is 7.20. The van der Waals surface area contributed by atoms with Crippen LogP contribution >= 0.6 is 0 Å². The number of amides is 1. The highest BCUT2D eigenvalue weighted by atomic mass is 16.7. The SMILES string of the molecule is COc1ccccc1CNC(=O)n1cc(B2OC(C)(C)C(C)(C)O2)cn1. The van der Waals surface area contributed by atoms with E-state index in [2.05, 4.69) is 10.4 Å². The van der Waals surface area contributed by atoms with Gasteiger partial charge in [0, 0.05) is 30.0 Å². The van der Waals surface area contributed by atoms with Crippen molar-refractivity contribution in [3.63, 3.8) is 0 Å². The molecule has 1 amide bonds. The van der Waals surface area contributed by atoms with Crippen LogP contribution in [0.2, 0.25) is 0 Å². The van der Waals surface area contributed by atoms with Crippen LogP contribution in [0.4, 0.5) is 4.79 Å². The molecule has 7 nitrogen and oxygen atoms in total. The summed E-state index contributed by atoms with van der Waals surface area (Å²) in [5.41, 5.74) is 0.718. The van der Waals surface area contributed by atoms with Crippen LogP contribution in [0.25, 0.3) is 0 Å². The highest BCUT2D eigenvalue weighted by Gasteiger charge is 2.52. The molecule has 1 aromatic carbocycles. The first-order chi connectivity index (χ1) is 12.2. The monoisotopic (exact) mass is 357 g/mol. The van der Waals surface area contributed by atoms with E-state index in [9.17, 15) is 4.79 Å². The van der Waals surface area contributed by atoms with E-state index in [1.54, 1.807) is 19.5 Å². The molecule has 1 aliphatic rings. The van der Waals surface area contributed by atoms with Gasteiger partial charge in [0.15, 0.2) is 0 Å². The third-order valence-corrected chi connectivity index (χ3v) is 4.96. The van der Waals surface area contributed by atoms with E-state index in [1.807, 2.05) is 52.0 Å². The molecule has 0 aliphatic carbocycles. The summed E-state index contributed by atoms with van der Waals surface area (Å²) < 4.78 is 18.5. The van der Waals surface area contributed by atoms with E-state index in [0.717, 1.165) is 11.3 Å². The van der Waals surface area contributed by atoms with Gasteiger partial charge in [-0.15, -0.1) is 0 Å². The number of nitrogens with one attached hydrogen (secondary N) is 1. The van der Waals surface area contributed by atoms with E-state index in [0.29, 0.717) is 12.0 Å². The summed E-state index contributed by atoms with van der Waals surface area (Å²) in [4.78, 5) is 12.4. The fourth-order valence-electron chi connectivity index (χ4n) is 2.65. The molecule has 0 unspecified atom stereocenters. The molecule has 1 saturated heterocycles. The number of carbonyl (C=O) groups is 1. The average Bonchev–Trinajstić information content (AvgIpc) is 3.16. The molecule has 1 aliphatic heterocycles. The van der Waals surface area contributed by atoms with Gasteiger partial charge in [0.1, 0.15) is 5.75 Å². The smallest absolute Gasteiger partial charge is 0.496 e. The molecule has 2 heterocycles. The molecule has 2 aromatic rings. The predicted molar refractivity (Wildman–Crippen MR) is 98.6 cm³/mol. The number of ether oxygens (including phenoxy) is 1. The second-order valence-electron chi connectivity index (χ2n) is 7.28. The molecule has 0 atom stereocenters. The highest BCUT2D eigenvalue weighted by molar-refractivity contribution is 6.62. The van der Waals surface area contributed by atoms with E-state index < -0.39 is 18.3 Å². The molecule has 1 N–H and O–H groups in total. The molecular weight excluding hydrogens is 333 g/mol. The van der Waals surface area contributed by atoms with Crippen LogP contribution in [0.15, 0.2) is 36.7 Å². The minimum Gasteiger partial charge on any atom is -0.496 e. The molecule has 138 valence electrons. The normalized spacial score (nSPS) is 18.0. The Morgan fingerprint density at radius 1 is 1.23 bits per heavy atom. The van der Waals surface area contributed by atoms with E-state index in [1.165, 1.54) is 4.68 Å². The Morgan fingerprint density at radius 3 is 2.54 bits per heavy atom. The summed E-state index contributed by atoms with van der Waals surface area (Å²) in [5, 5.41) is 6.95. The Labute approximate surface area is 153 Å². The maximum atomic E-state index is 12.4. The predicted octanol–water partition coefficient (Wildman–Crippen LogP) is 1.95. The first-order valence-electron chi connectivity index (χ1n) is 8.54.